The van der Waals surface area contributed by atoms with Crippen LogP contribution < -0.4 is 4.74 Å². The first-order chi connectivity index (χ1) is 15.6. The molecule has 0 saturated heterocycles. The maximum absolute atomic E-state index is 11.5. The van der Waals surface area contributed by atoms with Gasteiger partial charge in [-0.2, -0.15) is 5.26 Å². The molecule has 0 aliphatic heterocycles. The van der Waals surface area contributed by atoms with E-state index in [2.05, 4.69) is 23.0 Å². The van der Waals surface area contributed by atoms with Crippen LogP contribution >= 0.6 is 0 Å². The summed E-state index contributed by atoms with van der Waals surface area (Å²) >= 11 is 0. The zero-order valence-electron chi connectivity index (χ0n) is 19.5. The molecule has 0 spiro atoms. The Balaban J connectivity index is 1.51. The first kappa shape index (κ1) is 23.9. The Morgan fingerprint density at radius 2 is 1.75 bits per heavy atom. The molecule has 5 heteroatoms. The van der Waals surface area contributed by atoms with Crippen LogP contribution in [-0.2, 0) is 11.2 Å². The fraction of sp³-hybridized carbons (Fsp3) is 0.556. The van der Waals surface area contributed by atoms with Crippen molar-refractivity contribution in [2.24, 2.45) is 11.8 Å². The number of ether oxygens (including phenoxy) is 1. The van der Waals surface area contributed by atoms with Gasteiger partial charge in [-0.3, -0.25) is 4.79 Å². The predicted molar refractivity (Wildman–Crippen MR) is 126 cm³/mol. The monoisotopic (exact) mass is 433 g/mol. The summed E-state index contributed by atoms with van der Waals surface area (Å²) in [4.78, 5) is 20.6. The van der Waals surface area contributed by atoms with Gasteiger partial charge in [0.25, 0.3) is 0 Å². The van der Waals surface area contributed by atoms with Crippen LogP contribution in [0.5, 0.6) is 5.75 Å². The normalized spacial score (nSPS) is 18.2. The van der Waals surface area contributed by atoms with Crippen LogP contribution in [0.25, 0.3) is 11.4 Å². The third-order valence-corrected chi connectivity index (χ3v) is 6.60. The molecule has 0 atom stereocenters. The Kier molecular flexibility index (Phi) is 9.22. The highest BCUT2D eigenvalue weighted by molar-refractivity contribution is 5.73. The van der Waals surface area contributed by atoms with Crippen molar-refractivity contribution in [3.63, 3.8) is 0 Å². The van der Waals surface area contributed by atoms with Crippen LogP contribution in [0, 0.1) is 23.2 Å². The van der Waals surface area contributed by atoms with E-state index in [1.54, 1.807) is 25.1 Å². The number of hydrogen-bond acceptors (Lipinski definition) is 5. The van der Waals surface area contributed by atoms with Crippen LogP contribution in [0.2, 0.25) is 0 Å². The standard InChI is InChI=1S/C27H35N3O2/c1-3-5-6-7-20-8-10-21(11-9-20)12-13-22-18-29-27(30-19-22)23-14-15-25(24(16-23)17-28)32-26(31)4-2/h14-16,18-21H,3-13H2,1-2H3. The number of hydrogen-bond donors (Lipinski definition) is 0. The second-order valence-electron chi connectivity index (χ2n) is 8.99. The van der Waals surface area contributed by atoms with Gasteiger partial charge in [0, 0.05) is 24.4 Å². The minimum absolute atomic E-state index is 0.261. The second kappa shape index (κ2) is 12.3. The van der Waals surface area contributed by atoms with E-state index in [1.807, 2.05) is 12.4 Å². The Bertz CT molecular complexity index is 909. The molecular weight excluding hydrogens is 398 g/mol. The predicted octanol–water partition coefficient (Wildman–Crippen LogP) is 6.65. The highest BCUT2D eigenvalue weighted by Crippen LogP contribution is 2.34. The van der Waals surface area contributed by atoms with E-state index in [-0.39, 0.29) is 18.1 Å². The molecule has 1 heterocycles. The minimum Gasteiger partial charge on any atom is -0.425 e. The van der Waals surface area contributed by atoms with Crippen molar-refractivity contribution < 1.29 is 9.53 Å². The quantitative estimate of drug-likeness (QED) is 0.238. The summed E-state index contributed by atoms with van der Waals surface area (Å²) in [5.41, 5.74) is 2.21. The van der Waals surface area contributed by atoms with Gasteiger partial charge in [0.05, 0.1) is 5.56 Å². The number of benzene rings is 1. The van der Waals surface area contributed by atoms with Gasteiger partial charge in [-0.1, -0.05) is 65.2 Å². The number of nitriles is 1. The van der Waals surface area contributed by atoms with Gasteiger partial charge in [-0.15, -0.1) is 0 Å². The molecule has 0 bridgehead atoms. The van der Waals surface area contributed by atoms with E-state index in [0.29, 0.717) is 11.4 Å². The molecule has 5 nitrogen and oxygen atoms in total. The van der Waals surface area contributed by atoms with E-state index in [1.165, 1.54) is 57.8 Å². The lowest BCUT2D eigenvalue weighted by Gasteiger charge is -2.28. The van der Waals surface area contributed by atoms with E-state index >= 15 is 0 Å². The van der Waals surface area contributed by atoms with Crippen molar-refractivity contribution in [1.29, 1.82) is 5.26 Å². The van der Waals surface area contributed by atoms with E-state index in [0.717, 1.165) is 29.4 Å². The molecule has 1 saturated carbocycles. The first-order valence-corrected chi connectivity index (χ1v) is 12.2. The van der Waals surface area contributed by atoms with Crippen LogP contribution in [0.3, 0.4) is 0 Å². The van der Waals surface area contributed by atoms with Gasteiger partial charge in [0.2, 0.25) is 0 Å². The summed E-state index contributed by atoms with van der Waals surface area (Å²) in [5, 5.41) is 9.40. The summed E-state index contributed by atoms with van der Waals surface area (Å²) in [7, 11) is 0. The van der Waals surface area contributed by atoms with E-state index < -0.39 is 0 Å². The van der Waals surface area contributed by atoms with Crippen molar-refractivity contribution in [3.8, 4) is 23.2 Å². The third-order valence-electron chi connectivity index (χ3n) is 6.60. The third kappa shape index (κ3) is 6.88. The largest absolute Gasteiger partial charge is 0.425 e. The summed E-state index contributed by atoms with van der Waals surface area (Å²) in [6, 6.07) is 7.18. The Morgan fingerprint density at radius 1 is 1.06 bits per heavy atom. The van der Waals surface area contributed by atoms with Crippen molar-refractivity contribution in [3.05, 3.63) is 41.7 Å². The topological polar surface area (TPSA) is 75.9 Å². The molecule has 170 valence electrons. The SMILES string of the molecule is CCCCCC1CCC(CCc2cnc(-c3ccc(OC(=O)CC)c(C#N)c3)nc2)CC1. The molecule has 0 radical (unpaired) electrons. The molecule has 2 aromatic rings. The van der Waals surface area contributed by atoms with Crippen LogP contribution in [0.4, 0.5) is 0 Å². The number of aromatic nitrogens is 2. The molecule has 1 aromatic heterocycles. The van der Waals surface area contributed by atoms with E-state index in [4.69, 9.17) is 4.74 Å². The zero-order chi connectivity index (χ0) is 22.8. The van der Waals surface area contributed by atoms with Gasteiger partial charge in [0.1, 0.15) is 11.8 Å². The molecule has 1 aromatic carbocycles. The molecule has 1 fully saturated rings. The molecular formula is C27H35N3O2. The Hall–Kier alpha value is -2.74. The molecule has 1 aliphatic carbocycles. The first-order valence-electron chi connectivity index (χ1n) is 12.2. The highest BCUT2D eigenvalue weighted by atomic mass is 16.5. The average molecular weight is 434 g/mol. The zero-order valence-corrected chi connectivity index (χ0v) is 19.5. The summed E-state index contributed by atoms with van der Waals surface area (Å²) in [6.45, 7) is 4.00. The number of unbranched alkanes of at least 4 members (excludes halogenated alkanes) is 2. The van der Waals surface area contributed by atoms with Crippen molar-refractivity contribution in [2.45, 2.75) is 84.5 Å². The maximum atomic E-state index is 11.5. The number of carbonyl (C=O) groups excluding carboxylic acids is 1. The highest BCUT2D eigenvalue weighted by Gasteiger charge is 2.20. The lowest BCUT2D eigenvalue weighted by Crippen LogP contribution is -2.15. The van der Waals surface area contributed by atoms with E-state index in [9.17, 15) is 10.1 Å². The number of aryl methyl sites for hydroxylation is 1. The number of esters is 1. The smallest absolute Gasteiger partial charge is 0.310 e. The fourth-order valence-electron chi connectivity index (χ4n) is 4.54. The minimum atomic E-state index is -0.361. The number of rotatable bonds is 10. The van der Waals surface area contributed by atoms with Crippen molar-refractivity contribution in [1.82, 2.24) is 9.97 Å². The van der Waals surface area contributed by atoms with Gasteiger partial charge in [-0.25, -0.2) is 9.97 Å². The Morgan fingerprint density at radius 3 is 2.38 bits per heavy atom. The molecule has 1 aliphatic rings. The van der Waals surface area contributed by atoms with Crippen LogP contribution in [0.15, 0.2) is 30.6 Å². The summed E-state index contributed by atoms with van der Waals surface area (Å²) in [5.74, 6) is 2.27. The number of carbonyl (C=O) groups is 1. The average Bonchev–Trinajstić information content (AvgIpc) is 2.84. The lowest BCUT2D eigenvalue weighted by atomic mass is 9.78. The molecule has 32 heavy (non-hydrogen) atoms. The van der Waals surface area contributed by atoms with Gasteiger partial charge in [-0.05, 0) is 48.4 Å². The molecule has 3 rings (SSSR count). The summed E-state index contributed by atoms with van der Waals surface area (Å²) < 4.78 is 5.21. The fourth-order valence-corrected chi connectivity index (χ4v) is 4.54. The van der Waals surface area contributed by atoms with Gasteiger partial charge in [0.15, 0.2) is 5.82 Å². The Labute approximate surface area is 192 Å². The van der Waals surface area contributed by atoms with Gasteiger partial charge < -0.3 is 4.74 Å². The second-order valence-corrected chi connectivity index (χ2v) is 8.99. The molecule has 0 amide bonds. The van der Waals surface area contributed by atoms with Crippen LogP contribution in [0.1, 0.15) is 89.2 Å². The number of nitrogens with zero attached hydrogens (tertiary/aromatic N) is 3. The van der Waals surface area contributed by atoms with Crippen molar-refractivity contribution in [2.75, 3.05) is 0 Å². The molecule has 0 N–H and O–H groups in total. The maximum Gasteiger partial charge on any atom is 0.310 e. The molecule has 0 unspecified atom stereocenters. The summed E-state index contributed by atoms with van der Waals surface area (Å²) in [6.07, 6.45) is 17.3. The van der Waals surface area contributed by atoms with Crippen LogP contribution in [-0.4, -0.2) is 15.9 Å². The van der Waals surface area contributed by atoms with Crippen molar-refractivity contribution >= 4 is 5.97 Å². The lowest BCUT2D eigenvalue weighted by molar-refractivity contribution is -0.134. The van der Waals surface area contributed by atoms with Gasteiger partial charge >= 0.3 is 5.97 Å².